The van der Waals surface area contributed by atoms with E-state index in [9.17, 15) is 0 Å². The van der Waals surface area contributed by atoms with Crippen LogP contribution in [0.15, 0.2) is 30.6 Å². The minimum Gasteiger partial charge on any atom is -0.340 e. The fraction of sp³-hybridized carbons (Fsp3) is 0.267. The Bertz CT molecular complexity index is 794. The molecule has 3 aromatic rings. The molecular weight excluding hydrogens is 286 g/mol. The molecule has 0 saturated carbocycles. The molecule has 0 aliphatic rings. The van der Waals surface area contributed by atoms with Crippen molar-refractivity contribution in [3.8, 4) is 0 Å². The van der Waals surface area contributed by atoms with Gasteiger partial charge < -0.3 is 5.32 Å². The highest BCUT2D eigenvalue weighted by Gasteiger charge is 2.14. The molecule has 0 spiro atoms. The summed E-state index contributed by atoms with van der Waals surface area (Å²) in [6, 6.07) is 8.21. The van der Waals surface area contributed by atoms with Crippen molar-refractivity contribution in [2.75, 3.05) is 5.32 Å². The third-order valence-electron chi connectivity index (χ3n) is 3.44. The topological polar surface area (TPSA) is 55.1 Å². The number of anilines is 2. The number of rotatable bonds is 3. The van der Waals surface area contributed by atoms with E-state index in [4.69, 9.17) is 11.6 Å². The van der Waals surface area contributed by atoms with Crippen LogP contribution in [0.4, 0.5) is 11.5 Å². The van der Waals surface area contributed by atoms with Gasteiger partial charge in [-0.15, -0.1) is 0 Å². The molecule has 0 saturated heterocycles. The molecule has 0 amide bonds. The quantitative estimate of drug-likeness (QED) is 0.744. The van der Waals surface area contributed by atoms with Crippen LogP contribution in [0.3, 0.4) is 0 Å². The molecule has 0 fully saturated rings. The van der Waals surface area contributed by atoms with E-state index in [0.29, 0.717) is 16.8 Å². The van der Waals surface area contributed by atoms with E-state index in [2.05, 4.69) is 40.3 Å². The van der Waals surface area contributed by atoms with Gasteiger partial charge in [0.05, 0.1) is 0 Å². The van der Waals surface area contributed by atoms with Gasteiger partial charge in [-0.1, -0.05) is 43.6 Å². The maximum atomic E-state index is 6.19. The zero-order valence-electron chi connectivity index (χ0n) is 12.1. The van der Waals surface area contributed by atoms with Crippen molar-refractivity contribution in [3.05, 3.63) is 46.9 Å². The normalized spacial score (nSPS) is 11.3. The first-order chi connectivity index (χ1) is 10.1. The molecule has 0 aliphatic heterocycles. The lowest BCUT2D eigenvalue weighted by Gasteiger charge is -2.16. The number of aromatic nitrogens is 4. The van der Waals surface area contributed by atoms with Crippen LogP contribution in [0.2, 0.25) is 5.15 Å². The minimum absolute atomic E-state index is 0.414. The van der Waals surface area contributed by atoms with E-state index >= 15 is 0 Å². The van der Waals surface area contributed by atoms with Gasteiger partial charge in [0, 0.05) is 11.3 Å². The monoisotopic (exact) mass is 301 g/mol. The molecule has 2 heterocycles. The summed E-state index contributed by atoms with van der Waals surface area (Å²) < 4.78 is 1.66. The average Bonchev–Trinajstić information content (AvgIpc) is 2.92. The molecule has 0 unspecified atom stereocenters. The predicted molar refractivity (Wildman–Crippen MR) is 84.3 cm³/mol. The number of halogens is 1. The highest BCUT2D eigenvalue weighted by molar-refractivity contribution is 6.30. The van der Waals surface area contributed by atoms with Gasteiger partial charge in [0.25, 0.3) is 5.78 Å². The average molecular weight is 302 g/mol. The van der Waals surface area contributed by atoms with Crippen LogP contribution in [0.25, 0.3) is 5.78 Å². The fourth-order valence-electron chi connectivity index (χ4n) is 2.29. The van der Waals surface area contributed by atoms with Crippen LogP contribution >= 0.6 is 11.6 Å². The predicted octanol–water partition coefficient (Wildman–Crippen LogP) is 3.95. The molecule has 0 bridgehead atoms. The molecule has 3 rings (SSSR count). The number of hydrogen-bond donors (Lipinski definition) is 1. The lowest BCUT2D eigenvalue weighted by Crippen LogP contribution is -2.06. The molecular formula is C15H16ClN5. The molecule has 0 aliphatic carbocycles. The van der Waals surface area contributed by atoms with E-state index in [1.54, 1.807) is 4.52 Å². The second-order valence-electron chi connectivity index (χ2n) is 5.22. The van der Waals surface area contributed by atoms with Crippen molar-refractivity contribution in [1.82, 2.24) is 19.6 Å². The second-order valence-corrected chi connectivity index (χ2v) is 5.57. The Morgan fingerprint density at radius 3 is 2.76 bits per heavy atom. The number of nitrogens with zero attached hydrogens (tertiary/aromatic N) is 4. The van der Waals surface area contributed by atoms with E-state index in [1.807, 2.05) is 25.1 Å². The van der Waals surface area contributed by atoms with Crippen molar-refractivity contribution in [2.24, 2.45) is 0 Å². The molecule has 1 N–H and O–H groups in total. The Balaban J connectivity index is 2.14. The van der Waals surface area contributed by atoms with Gasteiger partial charge in [0.15, 0.2) is 0 Å². The molecule has 108 valence electrons. The van der Waals surface area contributed by atoms with Gasteiger partial charge in [-0.2, -0.15) is 19.6 Å². The smallest absolute Gasteiger partial charge is 0.255 e. The SMILES string of the molecule is Cc1c(Cl)nc2ncnn2c1Nc1ccccc1C(C)C. The minimum atomic E-state index is 0.414. The van der Waals surface area contributed by atoms with Crippen molar-refractivity contribution in [3.63, 3.8) is 0 Å². The Morgan fingerprint density at radius 2 is 2.00 bits per heavy atom. The Labute approximate surface area is 128 Å². The van der Waals surface area contributed by atoms with Gasteiger partial charge in [-0.3, -0.25) is 0 Å². The van der Waals surface area contributed by atoms with E-state index in [-0.39, 0.29) is 0 Å². The van der Waals surface area contributed by atoms with Gasteiger partial charge >= 0.3 is 0 Å². The number of para-hydroxylation sites is 1. The summed E-state index contributed by atoms with van der Waals surface area (Å²) in [5.74, 6) is 1.68. The molecule has 5 nitrogen and oxygen atoms in total. The fourth-order valence-corrected chi connectivity index (χ4v) is 2.45. The zero-order valence-corrected chi connectivity index (χ0v) is 12.9. The first kappa shape index (κ1) is 13.8. The third-order valence-corrected chi connectivity index (χ3v) is 3.81. The highest BCUT2D eigenvalue weighted by Crippen LogP contribution is 2.30. The van der Waals surface area contributed by atoms with Crippen molar-refractivity contribution < 1.29 is 0 Å². The maximum absolute atomic E-state index is 6.19. The van der Waals surface area contributed by atoms with Crippen LogP contribution in [-0.2, 0) is 0 Å². The molecule has 2 aromatic heterocycles. The van der Waals surface area contributed by atoms with Crippen LogP contribution in [0.5, 0.6) is 0 Å². The van der Waals surface area contributed by atoms with E-state index < -0.39 is 0 Å². The Kier molecular flexibility index (Phi) is 3.51. The standard InChI is InChI=1S/C15H16ClN5/c1-9(2)11-6-4-5-7-12(11)19-14-10(3)13(16)20-15-17-8-18-21(14)15/h4-9,19H,1-3H3. The molecule has 21 heavy (non-hydrogen) atoms. The lowest BCUT2D eigenvalue weighted by atomic mass is 10.0. The number of nitrogens with one attached hydrogen (secondary N) is 1. The van der Waals surface area contributed by atoms with Crippen molar-refractivity contribution >= 4 is 28.9 Å². The summed E-state index contributed by atoms with van der Waals surface area (Å²) in [5.41, 5.74) is 3.11. The van der Waals surface area contributed by atoms with Crippen molar-refractivity contribution in [1.29, 1.82) is 0 Å². The van der Waals surface area contributed by atoms with Crippen LogP contribution in [-0.4, -0.2) is 19.6 Å². The van der Waals surface area contributed by atoms with Gasteiger partial charge in [-0.05, 0) is 24.5 Å². The lowest BCUT2D eigenvalue weighted by molar-refractivity contribution is 0.866. The zero-order chi connectivity index (χ0) is 15.0. The first-order valence-electron chi connectivity index (χ1n) is 6.79. The third kappa shape index (κ3) is 2.45. The summed E-state index contributed by atoms with van der Waals surface area (Å²) in [6.45, 7) is 6.24. The van der Waals surface area contributed by atoms with Gasteiger partial charge in [0.1, 0.15) is 17.3 Å². The van der Waals surface area contributed by atoms with Crippen molar-refractivity contribution in [2.45, 2.75) is 26.7 Å². The highest BCUT2D eigenvalue weighted by atomic mass is 35.5. The Hall–Kier alpha value is -2.14. The summed E-state index contributed by atoms with van der Waals surface area (Å²) in [6.07, 6.45) is 1.47. The molecule has 1 aromatic carbocycles. The summed E-state index contributed by atoms with van der Waals surface area (Å²) in [5, 5.41) is 8.07. The van der Waals surface area contributed by atoms with E-state index in [0.717, 1.165) is 17.1 Å². The number of benzene rings is 1. The van der Waals surface area contributed by atoms with Crippen LogP contribution in [0.1, 0.15) is 30.9 Å². The van der Waals surface area contributed by atoms with Crippen LogP contribution < -0.4 is 5.32 Å². The summed E-state index contributed by atoms with van der Waals surface area (Å²) in [4.78, 5) is 8.31. The summed E-state index contributed by atoms with van der Waals surface area (Å²) >= 11 is 6.19. The van der Waals surface area contributed by atoms with E-state index in [1.165, 1.54) is 11.9 Å². The second kappa shape index (κ2) is 5.33. The molecule has 0 atom stereocenters. The molecule has 0 radical (unpaired) electrons. The Morgan fingerprint density at radius 1 is 1.24 bits per heavy atom. The molecule has 6 heteroatoms. The largest absolute Gasteiger partial charge is 0.340 e. The first-order valence-corrected chi connectivity index (χ1v) is 7.17. The number of hydrogen-bond acceptors (Lipinski definition) is 4. The number of fused-ring (bicyclic) bond motifs is 1. The van der Waals surface area contributed by atoms with Gasteiger partial charge in [-0.25, -0.2) is 0 Å². The van der Waals surface area contributed by atoms with Gasteiger partial charge in [0.2, 0.25) is 0 Å². The van der Waals surface area contributed by atoms with Crippen LogP contribution in [0, 0.1) is 6.92 Å². The maximum Gasteiger partial charge on any atom is 0.255 e. The summed E-state index contributed by atoms with van der Waals surface area (Å²) in [7, 11) is 0.